The van der Waals surface area contributed by atoms with Gasteiger partial charge in [-0.1, -0.05) is 78.9 Å². The van der Waals surface area contributed by atoms with E-state index in [9.17, 15) is 28.8 Å². The fraction of sp³-hybridized carbons (Fsp3) is 0.296. The first-order valence-corrected chi connectivity index (χ1v) is 23.1. The minimum Gasteiger partial charge on any atom is -0.497 e. The molecule has 0 spiro atoms. The van der Waals surface area contributed by atoms with Crippen LogP contribution in [0.15, 0.2) is 137 Å². The summed E-state index contributed by atoms with van der Waals surface area (Å²) in [4.78, 5) is 80.1. The van der Waals surface area contributed by atoms with E-state index >= 15 is 0 Å². The second kappa shape index (κ2) is 23.5. The maximum absolute atomic E-state index is 13.5. The van der Waals surface area contributed by atoms with Crippen molar-refractivity contribution in [2.45, 2.75) is 56.1 Å². The third kappa shape index (κ3) is 12.2. The topological polar surface area (TPSA) is 215 Å². The SMILES string of the molecule is CNC(=O)CCC(=O)O[C@@H]1C[C@H](n2cc(/C=C/C(=O)NCCNC(=O)[C@@H](C)c3ccc4cc(OC)ccc4c3)c(=O)[nH]c2=O)O[C@@H]1COC(c1ccccc1)(c1ccc(OC)cc1)c1ccc(OC)cc1. The number of hydrogen-bond donors (Lipinski definition) is 4. The quantitative estimate of drug-likeness (QED) is 0.0305. The number of fused-ring (bicyclic) bond motifs is 1. The summed E-state index contributed by atoms with van der Waals surface area (Å²) in [5.41, 5.74) is 0.181. The van der Waals surface area contributed by atoms with Gasteiger partial charge in [-0.3, -0.25) is 33.5 Å². The molecule has 3 amide bonds. The van der Waals surface area contributed by atoms with Gasteiger partial charge >= 0.3 is 11.7 Å². The van der Waals surface area contributed by atoms with Gasteiger partial charge in [0.25, 0.3) is 5.56 Å². The monoisotopic (exact) mass is 967 g/mol. The van der Waals surface area contributed by atoms with Crippen molar-refractivity contribution in [3.8, 4) is 17.2 Å². The zero-order chi connectivity index (χ0) is 50.5. The van der Waals surface area contributed by atoms with Gasteiger partial charge in [0.15, 0.2) is 0 Å². The number of nitrogens with one attached hydrogen (secondary N) is 4. The van der Waals surface area contributed by atoms with Crippen LogP contribution in [0, 0.1) is 0 Å². The summed E-state index contributed by atoms with van der Waals surface area (Å²) >= 11 is 0. The van der Waals surface area contributed by atoms with Gasteiger partial charge in [-0.15, -0.1) is 0 Å². The number of methoxy groups -OCH3 is 3. The summed E-state index contributed by atoms with van der Waals surface area (Å²) in [6.07, 6.45) is 0.235. The van der Waals surface area contributed by atoms with Crippen LogP contribution in [0.1, 0.15) is 66.1 Å². The summed E-state index contributed by atoms with van der Waals surface area (Å²) in [5, 5.41) is 9.98. The highest BCUT2D eigenvalue weighted by Gasteiger charge is 2.44. The van der Waals surface area contributed by atoms with E-state index < -0.39 is 53.1 Å². The Morgan fingerprint density at radius 3 is 2.03 bits per heavy atom. The minimum absolute atomic E-state index is 0.0414. The lowest BCUT2D eigenvalue weighted by molar-refractivity contribution is -0.156. The highest BCUT2D eigenvalue weighted by Crippen LogP contribution is 2.43. The summed E-state index contributed by atoms with van der Waals surface area (Å²) in [6, 6.07) is 35.9. The molecule has 0 bridgehead atoms. The Labute approximate surface area is 410 Å². The van der Waals surface area contributed by atoms with Crippen molar-refractivity contribution < 1.29 is 47.6 Å². The molecule has 17 heteroatoms. The predicted octanol–water partition coefficient (Wildman–Crippen LogP) is 5.50. The molecule has 4 N–H and O–H groups in total. The van der Waals surface area contributed by atoms with Crippen molar-refractivity contribution in [1.29, 1.82) is 0 Å². The summed E-state index contributed by atoms with van der Waals surface area (Å²) < 4.78 is 37.0. The third-order valence-electron chi connectivity index (χ3n) is 12.3. The van der Waals surface area contributed by atoms with Crippen LogP contribution in [0.25, 0.3) is 16.8 Å². The summed E-state index contributed by atoms with van der Waals surface area (Å²) in [5.74, 6) is -0.243. The van der Waals surface area contributed by atoms with Gasteiger partial charge in [-0.2, -0.15) is 0 Å². The molecule has 1 aliphatic heterocycles. The molecule has 0 aliphatic carbocycles. The van der Waals surface area contributed by atoms with Gasteiger partial charge in [-0.05, 0) is 82.4 Å². The molecule has 4 atom stereocenters. The van der Waals surface area contributed by atoms with Crippen LogP contribution in [0.2, 0.25) is 0 Å². The van der Waals surface area contributed by atoms with Crippen LogP contribution in [-0.2, 0) is 39.0 Å². The molecule has 6 aromatic rings. The molecule has 17 nitrogen and oxygen atoms in total. The van der Waals surface area contributed by atoms with Gasteiger partial charge in [0.2, 0.25) is 17.7 Å². The number of aromatic nitrogens is 2. The summed E-state index contributed by atoms with van der Waals surface area (Å²) in [6.45, 7) is 1.86. The zero-order valence-electron chi connectivity index (χ0n) is 40.1. The van der Waals surface area contributed by atoms with Gasteiger partial charge in [0, 0.05) is 45.3 Å². The molecule has 0 radical (unpaired) electrons. The maximum atomic E-state index is 13.5. The van der Waals surface area contributed by atoms with Gasteiger partial charge in [0.1, 0.15) is 41.3 Å². The van der Waals surface area contributed by atoms with E-state index in [1.54, 1.807) is 28.3 Å². The van der Waals surface area contributed by atoms with Crippen molar-refractivity contribution >= 4 is 40.5 Å². The van der Waals surface area contributed by atoms with E-state index in [-0.39, 0.29) is 56.3 Å². The number of ether oxygens (including phenoxy) is 6. The second-order valence-corrected chi connectivity index (χ2v) is 16.7. The highest BCUT2D eigenvalue weighted by molar-refractivity contribution is 5.92. The van der Waals surface area contributed by atoms with Crippen molar-refractivity contribution in [3.63, 3.8) is 0 Å². The number of rotatable bonds is 21. The standard InChI is InChI=1S/C54H57N5O12/c1-34(35-11-12-37-30-44(68-5)19-13-36(37)29-35)51(63)57-28-27-56-48(61)24-14-38-32-59(53(65)58-52(38)64)49-31-45(71-50(62)26-25-47(60)55-2)46(70-49)33-69-54(39-9-7-6-8-10-39,40-15-20-42(66-3)21-16-40)41-17-22-43(67-4)23-18-41/h6-24,29-30,32,34,45-46,49H,25-28,31,33H2,1-5H3,(H,55,60)(H,56,61)(H,57,63)(H,58,64,65)/b24-14+/t34-,45+,46+,49+/m0/s1. The Balaban J connectivity index is 1.07. The first-order chi connectivity index (χ1) is 34.3. The van der Waals surface area contributed by atoms with Crippen LogP contribution in [-0.4, -0.2) is 93.5 Å². The fourth-order valence-electron chi connectivity index (χ4n) is 8.37. The molecule has 71 heavy (non-hydrogen) atoms. The van der Waals surface area contributed by atoms with Crippen molar-refractivity contribution in [1.82, 2.24) is 25.5 Å². The van der Waals surface area contributed by atoms with Crippen LogP contribution >= 0.6 is 0 Å². The average molecular weight is 968 g/mol. The fourth-order valence-corrected chi connectivity index (χ4v) is 8.37. The van der Waals surface area contributed by atoms with Crippen LogP contribution in [0.5, 0.6) is 17.2 Å². The number of hydrogen-bond acceptors (Lipinski definition) is 12. The molecule has 5 aromatic carbocycles. The zero-order valence-corrected chi connectivity index (χ0v) is 40.1. The Kier molecular flexibility index (Phi) is 16.8. The first-order valence-electron chi connectivity index (χ1n) is 23.1. The number of nitrogens with zero attached hydrogens (tertiary/aromatic N) is 1. The van der Waals surface area contributed by atoms with Gasteiger partial charge in [0.05, 0.1) is 45.8 Å². The number of carbonyl (C=O) groups excluding carboxylic acids is 4. The lowest BCUT2D eigenvalue weighted by Crippen LogP contribution is -2.39. The van der Waals surface area contributed by atoms with Crippen LogP contribution in [0.4, 0.5) is 0 Å². The van der Waals surface area contributed by atoms with Crippen molar-refractivity contribution in [2.24, 2.45) is 0 Å². The number of carbonyl (C=O) groups is 4. The summed E-state index contributed by atoms with van der Waals surface area (Å²) in [7, 11) is 6.23. The molecule has 2 heterocycles. The van der Waals surface area contributed by atoms with Crippen molar-refractivity contribution in [3.05, 3.63) is 176 Å². The Bertz CT molecular complexity index is 2920. The van der Waals surface area contributed by atoms with Crippen LogP contribution in [0.3, 0.4) is 0 Å². The Morgan fingerprint density at radius 2 is 1.38 bits per heavy atom. The number of H-pyrrole nitrogens is 1. The van der Waals surface area contributed by atoms with E-state index in [0.29, 0.717) is 11.5 Å². The smallest absolute Gasteiger partial charge is 0.330 e. The number of amides is 3. The molecule has 0 saturated carbocycles. The normalized spacial score (nSPS) is 16.0. The largest absolute Gasteiger partial charge is 0.497 e. The van der Waals surface area contributed by atoms with E-state index in [2.05, 4.69) is 20.9 Å². The number of esters is 1. The van der Waals surface area contributed by atoms with Crippen LogP contribution < -0.4 is 41.4 Å². The molecular formula is C54H57N5O12. The van der Waals surface area contributed by atoms with Gasteiger partial charge in [-0.25, -0.2) is 4.79 Å². The lowest BCUT2D eigenvalue weighted by atomic mass is 9.80. The van der Waals surface area contributed by atoms with E-state index in [4.69, 9.17) is 28.4 Å². The first kappa shape index (κ1) is 50.8. The average Bonchev–Trinajstić information content (AvgIpc) is 3.80. The molecule has 7 rings (SSSR count). The lowest BCUT2D eigenvalue weighted by Gasteiger charge is -2.37. The third-order valence-corrected chi connectivity index (χ3v) is 12.3. The van der Waals surface area contributed by atoms with Gasteiger partial charge < -0.3 is 44.4 Å². The second-order valence-electron chi connectivity index (χ2n) is 16.7. The Morgan fingerprint density at radius 1 is 0.775 bits per heavy atom. The molecule has 1 aliphatic rings. The minimum atomic E-state index is -1.28. The molecular weight excluding hydrogens is 911 g/mol. The molecule has 1 fully saturated rings. The molecule has 0 unspecified atom stereocenters. The maximum Gasteiger partial charge on any atom is 0.330 e. The Hall–Kier alpha value is -8.02. The van der Waals surface area contributed by atoms with Crippen molar-refractivity contribution in [2.75, 3.05) is 48.1 Å². The molecule has 370 valence electrons. The van der Waals surface area contributed by atoms with E-state index in [1.807, 2.05) is 115 Å². The molecule has 1 aromatic heterocycles. The van der Waals surface area contributed by atoms with E-state index in [0.717, 1.165) is 49.4 Å². The predicted molar refractivity (Wildman–Crippen MR) is 265 cm³/mol. The van der Waals surface area contributed by atoms with E-state index in [1.165, 1.54) is 19.3 Å². The number of benzene rings is 5. The molecule has 1 saturated heterocycles. The number of aromatic amines is 1. The highest BCUT2D eigenvalue weighted by atomic mass is 16.6.